The van der Waals surface area contributed by atoms with Gasteiger partial charge in [0.1, 0.15) is 18.9 Å². The number of imidazole rings is 1. The molecule has 3 heterocycles. The van der Waals surface area contributed by atoms with Gasteiger partial charge in [-0.05, 0) is 6.42 Å². The lowest BCUT2D eigenvalue weighted by Crippen LogP contribution is -2.28. The van der Waals surface area contributed by atoms with Gasteiger partial charge in [-0.2, -0.15) is 4.98 Å². The van der Waals surface area contributed by atoms with Gasteiger partial charge < -0.3 is 20.3 Å². The molecule has 28 heavy (non-hydrogen) atoms. The van der Waals surface area contributed by atoms with Crippen LogP contribution in [0.2, 0.25) is 0 Å². The summed E-state index contributed by atoms with van der Waals surface area (Å²) in [4.78, 5) is 34.3. The predicted octanol–water partition coefficient (Wildman–Crippen LogP) is 1.25. The molecule has 2 aromatic rings. The minimum Gasteiger partial charge on any atom is -0.463 e. The van der Waals surface area contributed by atoms with Crippen molar-refractivity contribution in [1.82, 2.24) is 19.5 Å². The number of nitrogens with one attached hydrogen (secondary N) is 1. The third kappa shape index (κ3) is 4.68. The average molecular weight is 393 g/mol. The van der Waals surface area contributed by atoms with Gasteiger partial charge in [-0.1, -0.05) is 32.6 Å². The smallest absolute Gasteiger partial charge is 0.305 e. The average Bonchev–Trinajstić information content (AvgIpc) is 3.23. The molecule has 0 spiro atoms. The standard InChI is InChI=1S/C18H27N5O5/c1-2-3-4-5-6-7-14(25)27-9-12-11(24)8-13(28-12)23-10-20-15-16(23)21-18(19)22-17(15)26/h10-13,24H,2-9H2,1H3,(H3,19,21,22,26)/t11-,12+,13+/m0/s1. The van der Waals surface area contributed by atoms with Crippen LogP contribution in [0.5, 0.6) is 0 Å². The van der Waals surface area contributed by atoms with Gasteiger partial charge in [-0.15, -0.1) is 0 Å². The Hall–Kier alpha value is -2.46. The number of hydrogen-bond donors (Lipinski definition) is 3. The number of aromatic nitrogens is 4. The summed E-state index contributed by atoms with van der Waals surface area (Å²) in [5, 5.41) is 10.3. The van der Waals surface area contributed by atoms with Crippen molar-refractivity contribution in [2.75, 3.05) is 12.3 Å². The van der Waals surface area contributed by atoms with Gasteiger partial charge in [0.25, 0.3) is 5.56 Å². The second-order valence-corrected chi connectivity index (χ2v) is 7.05. The van der Waals surface area contributed by atoms with E-state index in [0.717, 1.165) is 25.7 Å². The Morgan fingerprint density at radius 1 is 1.43 bits per heavy atom. The van der Waals surface area contributed by atoms with Crippen LogP contribution in [0, 0.1) is 0 Å². The maximum Gasteiger partial charge on any atom is 0.305 e. The van der Waals surface area contributed by atoms with Crippen molar-refractivity contribution in [3.8, 4) is 0 Å². The molecule has 0 radical (unpaired) electrons. The van der Waals surface area contributed by atoms with Gasteiger partial charge >= 0.3 is 5.97 Å². The molecule has 0 unspecified atom stereocenters. The molecule has 3 atom stereocenters. The molecule has 0 saturated carbocycles. The highest BCUT2D eigenvalue weighted by atomic mass is 16.6. The van der Waals surface area contributed by atoms with Gasteiger partial charge in [0, 0.05) is 12.8 Å². The summed E-state index contributed by atoms with van der Waals surface area (Å²) in [6, 6.07) is 0. The number of aliphatic hydroxyl groups excluding tert-OH is 1. The fourth-order valence-corrected chi connectivity index (χ4v) is 3.31. The van der Waals surface area contributed by atoms with Crippen LogP contribution in [0.4, 0.5) is 5.95 Å². The number of H-pyrrole nitrogens is 1. The molecule has 4 N–H and O–H groups in total. The number of anilines is 1. The normalized spacial score (nSPS) is 22.0. The van der Waals surface area contributed by atoms with Crippen molar-refractivity contribution in [2.24, 2.45) is 0 Å². The first-order valence-electron chi connectivity index (χ1n) is 9.71. The molecular weight excluding hydrogens is 366 g/mol. The zero-order chi connectivity index (χ0) is 20.1. The van der Waals surface area contributed by atoms with Crippen LogP contribution >= 0.6 is 0 Å². The van der Waals surface area contributed by atoms with Gasteiger partial charge in [-0.3, -0.25) is 19.1 Å². The lowest BCUT2D eigenvalue weighted by molar-refractivity contribution is -0.150. The third-order valence-corrected chi connectivity index (χ3v) is 4.86. The van der Waals surface area contributed by atoms with Crippen molar-refractivity contribution in [2.45, 2.75) is 70.3 Å². The van der Waals surface area contributed by atoms with Crippen LogP contribution in [0.15, 0.2) is 11.1 Å². The number of aliphatic hydroxyl groups is 1. The van der Waals surface area contributed by atoms with Gasteiger partial charge in [0.05, 0.1) is 12.4 Å². The number of nitrogens with zero attached hydrogens (tertiary/aromatic N) is 3. The lowest BCUT2D eigenvalue weighted by atomic mass is 10.1. The monoisotopic (exact) mass is 393 g/mol. The van der Waals surface area contributed by atoms with Gasteiger partial charge in [0.2, 0.25) is 5.95 Å². The largest absolute Gasteiger partial charge is 0.463 e. The first kappa shape index (κ1) is 20.3. The van der Waals surface area contributed by atoms with Crippen molar-refractivity contribution in [1.29, 1.82) is 0 Å². The van der Waals surface area contributed by atoms with Crippen molar-refractivity contribution in [3.05, 3.63) is 16.7 Å². The lowest BCUT2D eigenvalue weighted by Gasteiger charge is -2.16. The van der Waals surface area contributed by atoms with E-state index >= 15 is 0 Å². The molecule has 0 aromatic carbocycles. The van der Waals surface area contributed by atoms with E-state index in [4.69, 9.17) is 15.2 Å². The van der Waals surface area contributed by atoms with E-state index in [-0.39, 0.29) is 36.1 Å². The molecule has 0 amide bonds. The van der Waals surface area contributed by atoms with Crippen LogP contribution < -0.4 is 11.3 Å². The number of esters is 1. The number of nitrogens with two attached hydrogens (primary N) is 1. The SMILES string of the molecule is CCCCCCCC(=O)OC[C@H]1O[C@@H](n2cnc3c(=O)[nH]c(N)nc32)C[C@@H]1O. The van der Waals surface area contributed by atoms with Crippen LogP contribution in [-0.2, 0) is 14.3 Å². The first-order chi connectivity index (χ1) is 13.5. The number of unbranched alkanes of at least 4 members (excludes halogenated alkanes) is 4. The Bertz CT molecular complexity index is 864. The fraction of sp³-hybridized carbons (Fsp3) is 0.667. The van der Waals surface area contributed by atoms with Gasteiger partial charge in [-0.25, -0.2) is 4.98 Å². The minimum atomic E-state index is -0.806. The third-order valence-electron chi connectivity index (χ3n) is 4.86. The minimum absolute atomic E-state index is 0.0196. The van der Waals surface area contributed by atoms with Crippen LogP contribution in [0.25, 0.3) is 11.2 Å². The second-order valence-electron chi connectivity index (χ2n) is 7.05. The molecule has 2 aromatic heterocycles. The topological polar surface area (TPSA) is 145 Å². The summed E-state index contributed by atoms with van der Waals surface area (Å²) in [5.41, 5.74) is 5.58. The number of aromatic amines is 1. The Morgan fingerprint density at radius 2 is 2.21 bits per heavy atom. The van der Waals surface area contributed by atoms with E-state index in [1.165, 1.54) is 12.7 Å². The van der Waals surface area contributed by atoms with E-state index in [9.17, 15) is 14.7 Å². The molecule has 154 valence electrons. The number of ether oxygens (including phenoxy) is 2. The van der Waals surface area contributed by atoms with E-state index in [1.54, 1.807) is 4.57 Å². The Labute approximate surface area is 162 Å². The molecule has 0 aliphatic carbocycles. The van der Waals surface area contributed by atoms with Crippen LogP contribution in [-0.4, -0.2) is 49.4 Å². The summed E-state index contributed by atoms with van der Waals surface area (Å²) in [5.74, 6) is -0.313. The molecular formula is C18H27N5O5. The van der Waals surface area contributed by atoms with E-state index in [1.807, 2.05) is 0 Å². The molecule has 10 heteroatoms. The number of carbonyl (C=O) groups is 1. The number of hydrogen-bond acceptors (Lipinski definition) is 8. The Kier molecular flexibility index (Phi) is 6.63. The zero-order valence-electron chi connectivity index (χ0n) is 16.0. The number of rotatable bonds is 9. The maximum atomic E-state index is 11.9. The molecule has 1 saturated heterocycles. The van der Waals surface area contributed by atoms with Crippen molar-refractivity contribution >= 4 is 23.1 Å². The fourth-order valence-electron chi connectivity index (χ4n) is 3.31. The quantitative estimate of drug-likeness (QED) is 0.426. The molecule has 1 fully saturated rings. The molecule has 1 aliphatic heterocycles. The van der Waals surface area contributed by atoms with Crippen molar-refractivity contribution in [3.63, 3.8) is 0 Å². The summed E-state index contributed by atoms with van der Waals surface area (Å²) >= 11 is 0. The zero-order valence-corrected chi connectivity index (χ0v) is 16.0. The van der Waals surface area contributed by atoms with E-state index in [2.05, 4.69) is 21.9 Å². The molecule has 3 rings (SSSR count). The summed E-state index contributed by atoms with van der Waals surface area (Å²) in [6.07, 6.45) is 5.29. The van der Waals surface area contributed by atoms with Crippen LogP contribution in [0.1, 0.15) is 58.1 Å². The van der Waals surface area contributed by atoms with Gasteiger partial charge in [0.15, 0.2) is 11.2 Å². The van der Waals surface area contributed by atoms with Crippen molar-refractivity contribution < 1.29 is 19.4 Å². The predicted molar refractivity (Wildman–Crippen MR) is 101 cm³/mol. The summed E-state index contributed by atoms with van der Waals surface area (Å²) in [6.45, 7) is 2.12. The second kappa shape index (κ2) is 9.16. The summed E-state index contributed by atoms with van der Waals surface area (Å²) < 4.78 is 12.6. The Balaban J connectivity index is 1.54. The highest BCUT2D eigenvalue weighted by Gasteiger charge is 2.36. The highest BCUT2D eigenvalue weighted by molar-refractivity contribution is 5.70. The van der Waals surface area contributed by atoms with Crippen LogP contribution in [0.3, 0.4) is 0 Å². The Morgan fingerprint density at radius 3 is 3.00 bits per heavy atom. The van der Waals surface area contributed by atoms with E-state index in [0.29, 0.717) is 6.42 Å². The van der Waals surface area contributed by atoms with E-state index < -0.39 is 24.0 Å². The highest BCUT2D eigenvalue weighted by Crippen LogP contribution is 2.30. The molecule has 10 nitrogen and oxygen atoms in total. The number of fused-ring (bicyclic) bond motifs is 1. The number of nitrogen functional groups attached to an aromatic ring is 1. The molecule has 0 bridgehead atoms. The number of carbonyl (C=O) groups excluding carboxylic acids is 1. The first-order valence-corrected chi connectivity index (χ1v) is 9.71. The maximum absolute atomic E-state index is 11.9. The molecule has 1 aliphatic rings. The summed E-state index contributed by atoms with van der Waals surface area (Å²) in [7, 11) is 0.